The predicted octanol–water partition coefficient (Wildman–Crippen LogP) is 3.48. The first-order chi connectivity index (χ1) is 11.0. The summed E-state index contributed by atoms with van der Waals surface area (Å²) in [6.45, 7) is 8.41. The van der Waals surface area contributed by atoms with E-state index in [1.54, 1.807) is 11.3 Å². The van der Waals surface area contributed by atoms with Crippen LogP contribution in [0.25, 0.3) is 0 Å². The molecule has 1 fully saturated rings. The van der Waals surface area contributed by atoms with Gasteiger partial charge in [-0.1, -0.05) is 22.0 Å². The topological polar surface area (TPSA) is 36.4 Å². The number of halogens is 1. The van der Waals surface area contributed by atoms with E-state index in [-0.39, 0.29) is 5.91 Å². The molecule has 0 atom stereocenters. The number of hydrogen-bond acceptors (Lipinski definition) is 4. The number of piperazine rings is 1. The average molecular weight is 394 g/mol. The molecule has 122 valence electrons. The van der Waals surface area contributed by atoms with Gasteiger partial charge in [-0.2, -0.15) is 0 Å². The van der Waals surface area contributed by atoms with Gasteiger partial charge in [-0.05, 0) is 32.0 Å². The van der Waals surface area contributed by atoms with Gasteiger partial charge in [0.1, 0.15) is 5.01 Å². The Morgan fingerprint density at radius 1 is 1.26 bits per heavy atom. The van der Waals surface area contributed by atoms with Crippen LogP contribution in [0, 0.1) is 13.8 Å². The number of aromatic nitrogens is 1. The Kier molecular flexibility index (Phi) is 5.14. The third-order valence-corrected chi connectivity index (χ3v) is 5.71. The van der Waals surface area contributed by atoms with Gasteiger partial charge in [0, 0.05) is 41.1 Å². The summed E-state index contributed by atoms with van der Waals surface area (Å²) in [4.78, 5) is 22.8. The lowest BCUT2D eigenvalue weighted by molar-refractivity contribution is 0.0628. The van der Waals surface area contributed by atoms with Crippen LogP contribution in [0.4, 0.5) is 0 Å². The lowest BCUT2D eigenvalue weighted by Gasteiger charge is -2.34. The fourth-order valence-electron chi connectivity index (χ4n) is 2.71. The van der Waals surface area contributed by atoms with Gasteiger partial charge in [0.25, 0.3) is 5.91 Å². The van der Waals surface area contributed by atoms with Crippen LogP contribution in [0.2, 0.25) is 0 Å². The normalized spacial score (nSPS) is 15.9. The van der Waals surface area contributed by atoms with Crippen molar-refractivity contribution in [3.63, 3.8) is 0 Å². The summed E-state index contributed by atoms with van der Waals surface area (Å²) in [5, 5.41) is 1.17. The zero-order valence-corrected chi connectivity index (χ0v) is 15.8. The van der Waals surface area contributed by atoms with Crippen LogP contribution in [0.5, 0.6) is 0 Å². The molecule has 0 unspecified atom stereocenters. The third-order valence-electron chi connectivity index (χ3n) is 4.16. The molecule has 0 bridgehead atoms. The zero-order valence-electron chi connectivity index (χ0n) is 13.4. The number of aryl methyl sites for hydroxylation is 2. The Morgan fingerprint density at radius 3 is 2.61 bits per heavy atom. The van der Waals surface area contributed by atoms with E-state index in [9.17, 15) is 4.79 Å². The Balaban J connectivity index is 1.56. The van der Waals surface area contributed by atoms with E-state index in [1.165, 1.54) is 9.88 Å². The molecule has 1 saturated heterocycles. The van der Waals surface area contributed by atoms with Crippen LogP contribution in [-0.4, -0.2) is 46.9 Å². The lowest BCUT2D eigenvalue weighted by Crippen LogP contribution is -2.48. The van der Waals surface area contributed by atoms with E-state index in [4.69, 9.17) is 0 Å². The molecule has 1 aliphatic rings. The maximum Gasteiger partial charge on any atom is 0.253 e. The van der Waals surface area contributed by atoms with E-state index in [0.717, 1.165) is 48.5 Å². The predicted molar refractivity (Wildman–Crippen MR) is 96.9 cm³/mol. The second kappa shape index (κ2) is 7.11. The molecule has 3 rings (SSSR count). The van der Waals surface area contributed by atoms with E-state index >= 15 is 0 Å². The number of carbonyl (C=O) groups is 1. The molecule has 0 N–H and O–H groups in total. The van der Waals surface area contributed by atoms with E-state index in [0.29, 0.717) is 0 Å². The lowest BCUT2D eigenvalue weighted by atomic mass is 10.2. The van der Waals surface area contributed by atoms with Crippen LogP contribution in [-0.2, 0) is 6.54 Å². The Bertz CT molecular complexity index is 688. The molecular formula is C17H20BrN3OS. The largest absolute Gasteiger partial charge is 0.336 e. The first kappa shape index (κ1) is 16.6. The molecule has 1 amide bonds. The van der Waals surface area contributed by atoms with Gasteiger partial charge in [0.05, 0.1) is 12.2 Å². The van der Waals surface area contributed by atoms with Crippen molar-refractivity contribution in [3.8, 4) is 0 Å². The molecule has 0 aliphatic carbocycles. The third kappa shape index (κ3) is 4.00. The summed E-state index contributed by atoms with van der Waals surface area (Å²) < 4.78 is 0.941. The summed E-state index contributed by atoms with van der Waals surface area (Å²) in [7, 11) is 0. The Hall–Kier alpha value is -1.24. The number of benzene rings is 1. The van der Waals surface area contributed by atoms with E-state index in [2.05, 4.69) is 39.7 Å². The monoisotopic (exact) mass is 393 g/mol. The molecule has 2 heterocycles. The molecule has 23 heavy (non-hydrogen) atoms. The number of carbonyl (C=O) groups excluding carboxylic acids is 1. The number of hydrogen-bond donors (Lipinski definition) is 0. The van der Waals surface area contributed by atoms with Crippen LogP contribution in [0.3, 0.4) is 0 Å². The highest BCUT2D eigenvalue weighted by Crippen LogP contribution is 2.19. The quantitative estimate of drug-likeness (QED) is 0.800. The SMILES string of the molecule is Cc1nc(CN2CCN(C(=O)c3cccc(Br)c3)CC2)sc1C. The molecule has 0 spiro atoms. The fourth-order valence-corrected chi connectivity index (χ4v) is 4.09. The van der Waals surface area contributed by atoms with Crippen LogP contribution >= 0.6 is 27.3 Å². The van der Waals surface area contributed by atoms with Crippen molar-refractivity contribution in [3.05, 3.63) is 49.9 Å². The Morgan fingerprint density at radius 2 is 2.00 bits per heavy atom. The summed E-state index contributed by atoms with van der Waals surface area (Å²) in [6.07, 6.45) is 0. The van der Waals surface area contributed by atoms with Crippen molar-refractivity contribution in [2.24, 2.45) is 0 Å². The number of nitrogens with zero attached hydrogens (tertiary/aromatic N) is 3. The van der Waals surface area contributed by atoms with Crippen molar-refractivity contribution >= 4 is 33.2 Å². The van der Waals surface area contributed by atoms with E-state index < -0.39 is 0 Å². The van der Waals surface area contributed by atoms with Crippen LogP contribution in [0.1, 0.15) is 25.9 Å². The summed E-state index contributed by atoms with van der Waals surface area (Å²) in [5.74, 6) is 0.117. The van der Waals surface area contributed by atoms with Gasteiger partial charge in [-0.25, -0.2) is 4.98 Å². The molecule has 1 aromatic heterocycles. The van der Waals surface area contributed by atoms with Crippen LogP contribution < -0.4 is 0 Å². The van der Waals surface area contributed by atoms with Crippen molar-refractivity contribution in [2.75, 3.05) is 26.2 Å². The fraction of sp³-hybridized carbons (Fsp3) is 0.412. The van der Waals surface area contributed by atoms with Crippen molar-refractivity contribution in [1.82, 2.24) is 14.8 Å². The summed E-state index contributed by atoms with van der Waals surface area (Å²) >= 11 is 5.20. The molecule has 6 heteroatoms. The molecular weight excluding hydrogens is 374 g/mol. The van der Waals surface area contributed by atoms with Gasteiger partial charge in [0.2, 0.25) is 0 Å². The van der Waals surface area contributed by atoms with E-state index in [1.807, 2.05) is 29.2 Å². The molecule has 2 aromatic rings. The molecule has 4 nitrogen and oxygen atoms in total. The standard InChI is InChI=1S/C17H20BrN3OS/c1-12-13(2)23-16(19-12)11-20-6-8-21(9-7-20)17(22)14-4-3-5-15(18)10-14/h3-5,10H,6-9,11H2,1-2H3. The van der Waals surface area contributed by atoms with Crippen LogP contribution in [0.15, 0.2) is 28.7 Å². The number of amides is 1. The second-order valence-electron chi connectivity index (χ2n) is 5.83. The van der Waals surface area contributed by atoms with Gasteiger partial charge < -0.3 is 4.90 Å². The maximum absolute atomic E-state index is 12.5. The highest BCUT2D eigenvalue weighted by Gasteiger charge is 2.22. The highest BCUT2D eigenvalue weighted by atomic mass is 79.9. The zero-order chi connectivity index (χ0) is 16.4. The molecule has 1 aromatic carbocycles. The molecule has 0 radical (unpaired) electrons. The summed E-state index contributed by atoms with van der Waals surface area (Å²) in [6, 6.07) is 7.60. The first-order valence-electron chi connectivity index (χ1n) is 7.73. The van der Waals surface area contributed by atoms with Crippen molar-refractivity contribution in [2.45, 2.75) is 20.4 Å². The van der Waals surface area contributed by atoms with Gasteiger partial charge in [-0.3, -0.25) is 9.69 Å². The minimum atomic E-state index is 0.117. The first-order valence-corrected chi connectivity index (χ1v) is 9.34. The van der Waals surface area contributed by atoms with Gasteiger partial charge in [-0.15, -0.1) is 11.3 Å². The van der Waals surface area contributed by atoms with Crippen molar-refractivity contribution < 1.29 is 4.79 Å². The van der Waals surface area contributed by atoms with Gasteiger partial charge in [0.15, 0.2) is 0 Å². The molecule has 1 aliphatic heterocycles. The molecule has 0 saturated carbocycles. The Labute approximate surface area is 149 Å². The number of rotatable bonds is 3. The second-order valence-corrected chi connectivity index (χ2v) is 8.03. The van der Waals surface area contributed by atoms with Crippen molar-refractivity contribution in [1.29, 1.82) is 0 Å². The highest BCUT2D eigenvalue weighted by molar-refractivity contribution is 9.10. The van der Waals surface area contributed by atoms with Gasteiger partial charge >= 0.3 is 0 Å². The smallest absolute Gasteiger partial charge is 0.253 e. The summed E-state index contributed by atoms with van der Waals surface area (Å²) in [5.41, 5.74) is 1.88. The minimum Gasteiger partial charge on any atom is -0.336 e. The average Bonchev–Trinajstić information content (AvgIpc) is 2.85. The maximum atomic E-state index is 12.5. The minimum absolute atomic E-state index is 0.117. The number of thiazole rings is 1.